The highest BCUT2D eigenvalue weighted by Gasteiger charge is 2.11. The molecule has 0 bridgehead atoms. The van der Waals surface area contributed by atoms with Crippen LogP contribution in [0.25, 0.3) is 0 Å². The molecule has 0 aliphatic rings. The molecule has 0 aromatic carbocycles. The lowest BCUT2D eigenvalue weighted by Crippen LogP contribution is -2.31. The number of carbonyl (C=O) groups is 2. The van der Waals surface area contributed by atoms with Crippen LogP contribution in [-0.4, -0.2) is 59.1 Å². The van der Waals surface area contributed by atoms with Crippen molar-refractivity contribution in [3.05, 3.63) is 0 Å². The number of hydrogen-bond donors (Lipinski definition) is 1. The van der Waals surface area contributed by atoms with Gasteiger partial charge in [-0.15, -0.1) is 0 Å². The van der Waals surface area contributed by atoms with Crippen LogP contribution in [0.15, 0.2) is 5.16 Å². The highest BCUT2D eigenvalue weighted by Crippen LogP contribution is 2.20. The molecule has 1 amide bonds. The third kappa shape index (κ3) is 7.39. The van der Waals surface area contributed by atoms with Crippen LogP contribution in [0.3, 0.4) is 0 Å². The van der Waals surface area contributed by atoms with Gasteiger partial charge in [0.05, 0.1) is 20.1 Å². The standard InChI is InChI=1S/C12H20N4O3S2/c1-4-7-20-12-14-11(21-15-12)13-9(17)8-16(2)6-5-10(18)19-3/h4-8H2,1-3H3,(H,13,14,15,17). The summed E-state index contributed by atoms with van der Waals surface area (Å²) >= 11 is 2.74. The quantitative estimate of drug-likeness (QED) is 0.541. The van der Waals surface area contributed by atoms with Gasteiger partial charge >= 0.3 is 5.97 Å². The van der Waals surface area contributed by atoms with E-state index >= 15 is 0 Å². The Morgan fingerprint density at radius 3 is 2.90 bits per heavy atom. The summed E-state index contributed by atoms with van der Waals surface area (Å²) in [7, 11) is 3.11. The van der Waals surface area contributed by atoms with Crippen molar-refractivity contribution in [2.45, 2.75) is 24.9 Å². The summed E-state index contributed by atoms with van der Waals surface area (Å²) in [5.74, 6) is 0.495. The Balaban J connectivity index is 2.32. The van der Waals surface area contributed by atoms with E-state index in [0.717, 1.165) is 12.2 Å². The predicted molar refractivity (Wildman–Crippen MR) is 83.7 cm³/mol. The number of ether oxygens (including phenoxy) is 1. The van der Waals surface area contributed by atoms with E-state index in [-0.39, 0.29) is 24.8 Å². The monoisotopic (exact) mass is 332 g/mol. The summed E-state index contributed by atoms with van der Waals surface area (Å²) in [5, 5.41) is 3.90. The molecule has 0 aliphatic heterocycles. The molecule has 9 heteroatoms. The second-order valence-electron chi connectivity index (χ2n) is 4.34. The number of anilines is 1. The van der Waals surface area contributed by atoms with E-state index in [9.17, 15) is 9.59 Å². The SMILES string of the molecule is CCCSc1nsc(NC(=O)CN(C)CCC(=O)OC)n1. The first kappa shape index (κ1) is 17.9. The molecular formula is C12H20N4O3S2. The van der Waals surface area contributed by atoms with Crippen LogP contribution >= 0.6 is 23.3 Å². The molecule has 1 heterocycles. The minimum Gasteiger partial charge on any atom is -0.469 e. The number of methoxy groups -OCH3 is 1. The molecule has 0 spiro atoms. The largest absolute Gasteiger partial charge is 0.469 e. The van der Waals surface area contributed by atoms with Gasteiger partial charge in [0.15, 0.2) is 0 Å². The van der Waals surface area contributed by atoms with Crippen LogP contribution in [0.4, 0.5) is 5.13 Å². The third-order valence-electron chi connectivity index (χ3n) is 2.43. The highest BCUT2D eigenvalue weighted by atomic mass is 32.2. The summed E-state index contributed by atoms with van der Waals surface area (Å²) in [5.41, 5.74) is 0. The minimum absolute atomic E-state index is 0.175. The van der Waals surface area contributed by atoms with E-state index in [1.807, 2.05) is 0 Å². The fourth-order valence-corrected chi connectivity index (χ4v) is 2.80. The van der Waals surface area contributed by atoms with Crippen LogP contribution in [0.5, 0.6) is 0 Å². The van der Waals surface area contributed by atoms with E-state index in [0.29, 0.717) is 16.8 Å². The smallest absolute Gasteiger partial charge is 0.306 e. The molecule has 0 radical (unpaired) electrons. The van der Waals surface area contributed by atoms with Gasteiger partial charge in [-0.1, -0.05) is 18.7 Å². The Morgan fingerprint density at radius 2 is 2.24 bits per heavy atom. The zero-order valence-electron chi connectivity index (χ0n) is 12.4. The van der Waals surface area contributed by atoms with Gasteiger partial charge in [0.25, 0.3) is 0 Å². The molecule has 0 atom stereocenters. The molecule has 118 valence electrons. The summed E-state index contributed by atoms with van der Waals surface area (Å²) in [6, 6.07) is 0. The lowest BCUT2D eigenvalue weighted by Gasteiger charge is -2.14. The van der Waals surface area contributed by atoms with Crippen LogP contribution in [0.1, 0.15) is 19.8 Å². The molecule has 1 aromatic rings. The van der Waals surface area contributed by atoms with E-state index in [1.54, 1.807) is 23.7 Å². The number of carbonyl (C=O) groups excluding carboxylic acids is 2. The van der Waals surface area contributed by atoms with Crippen LogP contribution in [-0.2, 0) is 14.3 Å². The molecule has 0 unspecified atom stereocenters. The Bertz CT molecular complexity index is 467. The van der Waals surface area contributed by atoms with Gasteiger partial charge < -0.3 is 4.74 Å². The average molecular weight is 332 g/mol. The van der Waals surface area contributed by atoms with E-state index in [4.69, 9.17) is 0 Å². The number of nitrogens with one attached hydrogen (secondary N) is 1. The van der Waals surface area contributed by atoms with Crippen molar-refractivity contribution in [3.8, 4) is 0 Å². The molecule has 1 N–H and O–H groups in total. The molecule has 1 rings (SSSR count). The van der Waals surface area contributed by atoms with Crippen molar-refractivity contribution in [1.82, 2.24) is 14.3 Å². The maximum Gasteiger partial charge on any atom is 0.306 e. The van der Waals surface area contributed by atoms with Gasteiger partial charge in [0.2, 0.25) is 16.2 Å². The van der Waals surface area contributed by atoms with Gasteiger partial charge in [-0.2, -0.15) is 9.36 Å². The lowest BCUT2D eigenvalue weighted by molar-refractivity contribution is -0.141. The number of nitrogens with zero attached hydrogens (tertiary/aromatic N) is 3. The van der Waals surface area contributed by atoms with Crippen LogP contribution < -0.4 is 5.32 Å². The summed E-state index contributed by atoms with van der Waals surface area (Å²) in [6.45, 7) is 2.74. The molecule has 21 heavy (non-hydrogen) atoms. The van der Waals surface area contributed by atoms with Crippen LogP contribution in [0.2, 0.25) is 0 Å². The van der Waals surface area contributed by atoms with E-state index in [1.165, 1.54) is 18.6 Å². The van der Waals surface area contributed by atoms with Gasteiger partial charge in [0.1, 0.15) is 0 Å². The maximum absolute atomic E-state index is 11.8. The Morgan fingerprint density at radius 1 is 1.48 bits per heavy atom. The summed E-state index contributed by atoms with van der Waals surface area (Å²) in [6.07, 6.45) is 1.31. The fraction of sp³-hybridized carbons (Fsp3) is 0.667. The second-order valence-corrected chi connectivity index (χ2v) is 6.16. The summed E-state index contributed by atoms with van der Waals surface area (Å²) < 4.78 is 8.71. The molecule has 0 saturated carbocycles. The van der Waals surface area contributed by atoms with Gasteiger partial charge in [-0.25, -0.2) is 0 Å². The molecule has 0 aliphatic carbocycles. The molecule has 7 nitrogen and oxygen atoms in total. The van der Waals surface area contributed by atoms with Crippen LogP contribution in [0, 0.1) is 0 Å². The van der Waals surface area contributed by atoms with Crippen molar-refractivity contribution in [1.29, 1.82) is 0 Å². The average Bonchev–Trinajstić information content (AvgIpc) is 2.89. The van der Waals surface area contributed by atoms with Gasteiger partial charge in [-0.05, 0) is 13.5 Å². The fourth-order valence-electron chi connectivity index (χ4n) is 1.38. The number of amides is 1. The van der Waals surface area contributed by atoms with Gasteiger partial charge in [-0.3, -0.25) is 19.8 Å². The number of rotatable bonds is 9. The number of thioether (sulfide) groups is 1. The second kappa shape index (κ2) is 9.69. The first-order chi connectivity index (χ1) is 10.0. The van der Waals surface area contributed by atoms with Gasteiger partial charge in [0, 0.05) is 23.8 Å². The number of hydrogen-bond acceptors (Lipinski definition) is 8. The normalized spacial score (nSPS) is 10.7. The minimum atomic E-state index is -0.288. The molecule has 1 aromatic heterocycles. The van der Waals surface area contributed by atoms with Crippen molar-refractivity contribution in [3.63, 3.8) is 0 Å². The molecular weight excluding hydrogens is 312 g/mol. The first-order valence-corrected chi connectivity index (χ1v) is 8.32. The third-order valence-corrected chi connectivity index (χ3v) is 4.23. The Kier molecular flexibility index (Phi) is 8.24. The lowest BCUT2D eigenvalue weighted by atomic mass is 10.4. The highest BCUT2D eigenvalue weighted by molar-refractivity contribution is 7.99. The van der Waals surface area contributed by atoms with E-state index < -0.39 is 0 Å². The van der Waals surface area contributed by atoms with Crippen molar-refractivity contribution in [2.24, 2.45) is 0 Å². The number of aromatic nitrogens is 2. The maximum atomic E-state index is 11.8. The van der Waals surface area contributed by atoms with Crippen molar-refractivity contribution >= 4 is 40.3 Å². The topological polar surface area (TPSA) is 84.4 Å². The molecule has 0 fully saturated rings. The number of esters is 1. The Labute approximate surface area is 132 Å². The summed E-state index contributed by atoms with van der Waals surface area (Å²) in [4.78, 5) is 28.8. The Hall–Kier alpha value is -1.19. The molecule has 0 saturated heterocycles. The van der Waals surface area contributed by atoms with Crippen molar-refractivity contribution < 1.29 is 14.3 Å². The zero-order valence-corrected chi connectivity index (χ0v) is 14.1. The number of likely N-dealkylation sites (N-methyl/N-ethyl adjacent to an activating group) is 1. The van der Waals surface area contributed by atoms with E-state index in [2.05, 4.69) is 26.3 Å². The zero-order chi connectivity index (χ0) is 15.7. The first-order valence-electron chi connectivity index (χ1n) is 6.56. The van der Waals surface area contributed by atoms with Crippen molar-refractivity contribution in [2.75, 3.05) is 38.3 Å². The predicted octanol–water partition coefficient (Wildman–Crippen LogP) is 1.47.